The second-order valence-corrected chi connectivity index (χ2v) is 4.46. The number of rotatable bonds is 6. The summed E-state index contributed by atoms with van der Waals surface area (Å²) in [7, 11) is 3.07. The summed E-state index contributed by atoms with van der Waals surface area (Å²) in [5, 5.41) is 0. The molecule has 1 rings (SSSR count). The van der Waals surface area contributed by atoms with Crippen molar-refractivity contribution in [1.29, 1.82) is 0 Å². The van der Waals surface area contributed by atoms with Crippen LogP contribution in [-0.2, 0) is 16.9 Å². The number of nitrogens with two attached hydrogens (primary N) is 1. The fourth-order valence-corrected chi connectivity index (χ4v) is 1.74. The first-order valence-electron chi connectivity index (χ1n) is 5.70. The van der Waals surface area contributed by atoms with E-state index in [2.05, 4.69) is 4.84 Å². The van der Waals surface area contributed by atoms with Gasteiger partial charge in [-0.2, -0.15) is 0 Å². The Kier molecular flexibility index (Phi) is 4.93. The van der Waals surface area contributed by atoms with Crippen LogP contribution in [0.4, 0.5) is 4.39 Å². The first kappa shape index (κ1) is 14.7. The van der Waals surface area contributed by atoms with Crippen molar-refractivity contribution >= 4 is 0 Å². The number of halogens is 1. The van der Waals surface area contributed by atoms with Crippen molar-refractivity contribution in [2.75, 3.05) is 20.8 Å². The van der Waals surface area contributed by atoms with E-state index >= 15 is 0 Å². The van der Waals surface area contributed by atoms with Crippen LogP contribution in [0.25, 0.3) is 0 Å². The molecule has 0 heterocycles. The maximum atomic E-state index is 14.0. The van der Waals surface area contributed by atoms with E-state index < -0.39 is 5.67 Å². The third-order valence-electron chi connectivity index (χ3n) is 2.73. The standard InChI is InChI=1S/C13H20FNO3/c1-13(2,14)10-7-9(5-6-18-15)12(17-4)11(8-10)16-3/h7-8H,5-6,15H2,1-4H3. The predicted molar refractivity (Wildman–Crippen MR) is 67.5 cm³/mol. The van der Waals surface area contributed by atoms with Gasteiger partial charge in [0.2, 0.25) is 0 Å². The predicted octanol–water partition coefficient (Wildman–Crippen LogP) is 2.34. The van der Waals surface area contributed by atoms with Gasteiger partial charge in [0, 0.05) is 12.0 Å². The van der Waals surface area contributed by atoms with Gasteiger partial charge in [0.1, 0.15) is 5.67 Å². The molecule has 1 aromatic rings. The zero-order chi connectivity index (χ0) is 13.8. The molecule has 18 heavy (non-hydrogen) atoms. The molecule has 1 aromatic carbocycles. The van der Waals surface area contributed by atoms with E-state index in [1.54, 1.807) is 19.2 Å². The highest BCUT2D eigenvalue weighted by atomic mass is 19.1. The minimum Gasteiger partial charge on any atom is -0.493 e. The minimum absolute atomic E-state index is 0.329. The number of methoxy groups -OCH3 is 2. The SMILES string of the molecule is COc1cc(C(C)(C)F)cc(CCON)c1OC. The fourth-order valence-electron chi connectivity index (χ4n) is 1.74. The average molecular weight is 257 g/mol. The second-order valence-electron chi connectivity index (χ2n) is 4.46. The third-order valence-corrected chi connectivity index (χ3v) is 2.73. The van der Waals surface area contributed by atoms with Gasteiger partial charge in [0.05, 0.1) is 20.8 Å². The van der Waals surface area contributed by atoms with E-state index in [1.165, 1.54) is 21.0 Å². The molecule has 5 heteroatoms. The molecule has 0 spiro atoms. The molecule has 102 valence electrons. The summed E-state index contributed by atoms with van der Waals surface area (Å²) in [5.41, 5.74) is -0.104. The maximum Gasteiger partial charge on any atom is 0.164 e. The Morgan fingerprint density at radius 1 is 1.22 bits per heavy atom. The van der Waals surface area contributed by atoms with Gasteiger partial charge in [0.15, 0.2) is 11.5 Å². The first-order valence-corrected chi connectivity index (χ1v) is 5.70. The largest absolute Gasteiger partial charge is 0.493 e. The average Bonchev–Trinajstić information content (AvgIpc) is 2.33. The maximum absolute atomic E-state index is 14.0. The Balaban J connectivity index is 3.26. The zero-order valence-electron chi connectivity index (χ0n) is 11.2. The summed E-state index contributed by atoms with van der Waals surface area (Å²) in [4.78, 5) is 4.55. The van der Waals surface area contributed by atoms with E-state index in [-0.39, 0.29) is 0 Å². The van der Waals surface area contributed by atoms with Crippen LogP contribution in [-0.4, -0.2) is 20.8 Å². The van der Waals surface area contributed by atoms with Crippen molar-refractivity contribution in [3.63, 3.8) is 0 Å². The molecule has 0 radical (unpaired) electrons. The van der Waals surface area contributed by atoms with Crippen molar-refractivity contribution in [1.82, 2.24) is 0 Å². The molecular weight excluding hydrogens is 237 g/mol. The summed E-state index contributed by atoms with van der Waals surface area (Å²) in [6, 6.07) is 3.39. The van der Waals surface area contributed by atoms with E-state index in [0.717, 1.165) is 5.56 Å². The highest BCUT2D eigenvalue weighted by Crippen LogP contribution is 2.37. The molecule has 4 nitrogen and oxygen atoms in total. The van der Waals surface area contributed by atoms with Crippen LogP contribution in [0.1, 0.15) is 25.0 Å². The summed E-state index contributed by atoms with van der Waals surface area (Å²) in [5.74, 6) is 6.11. The van der Waals surface area contributed by atoms with E-state index in [9.17, 15) is 4.39 Å². The molecule has 0 bridgehead atoms. The second kappa shape index (κ2) is 6.02. The molecule has 0 aromatic heterocycles. The van der Waals surface area contributed by atoms with Crippen LogP contribution in [0.5, 0.6) is 11.5 Å². The quantitative estimate of drug-likeness (QED) is 0.795. The molecular formula is C13H20FNO3. The Morgan fingerprint density at radius 2 is 1.89 bits per heavy atom. The van der Waals surface area contributed by atoms with Crippen LogP contribution in [0, 0.1) is 0 Å². The van der Waals surface area contributed by atoms with Gasteiger partial charge in [0.25, 0.3) is 0 Å². The van der Waals surface area contributed by atoms with Gasteiger partial charge >= 0.3 is 0 Å². The Hall–Kier alpha value is -1.33. The van der Waals surface area contributed by atoms with Crippen LogP contribution in [0.15, 0.2) is 12.1 Å². The lowest BCUT2D eigenvalue weighted by molar-refractivity contribution is 0.140. The molecule has 0 fully saturated rings. The molecule has 0 saturated heterocycles. The Labute approximate surface area is 107 Å². The summed E-state index contributed by atoms with van der Waals surface area (Å²) >= 11 is 0. The topological polar surface area (TPSA) is 53.7 Å². The van der Waals surface area contributed by atoms with Crippen molar-refractivity contribution in [3.8, 4) is 11.5 Å². The van der Waals surface area contributed by atoms with Gasteiger partial charge < -0.3 is 14.3 Å². The van der Waals surface area contributed by atoms with Gasteiger partial charge in [-0.15, -0.1) is 0 Å². The van der Waals surface area contributed by atoms with E-state index in [0.29, 0.717) is 30.1 Å². The number of benzene rings is 1. The lowest BCUT2D eigenvalue weighted by Gasteiger charge is -2.20. The summed E-state index contributed by atoms with van der Waals surface area (Å²) in [6.45, 7) is 3.32. The van der Waals surface area contributed by atoms with Crippen LogP contribution < -0.4 is 15.4 Å². The fraction of sp³-hybridized carbons (Fsp3) is 0.538. The number of hydrogen-bond acceptors (Lipinski definition) is 4. The zero-order valence-corrected chi connectivity index (χ0v) is 11.2. The van der Waals surface area contributed by atoms with Crippen LogP contribution in [0.2, 0.25) is 0 Å². The molecule has 0 aliphatic carbocycles. The van der Waals surface area contributed by atoms with Gasteiger partial charge in [-0.3, -0.25) is 0 Å². The highest BCUT2D eigenvalue weighted by Gasteiger charge is 2.23. The summed E-state index contributed by atoms with van der Waals surface area (Å²) in [6.07, 6.45) is 0.528. The van der Waals surface area contributed by atoms with Crippen molar-refractivity contribution < 1.29 is 18.7 Å². The smallest absolute Gasteiger partial charge is 0.164 e. The van der Waals surface area contributed by atoms with Gasteiger partial charge in [-0.05, 0) is 31.5 Å². The molecule has 2 N–H and O–H groups in total. The van der Waals surface area contributed by atoms with Crippen molar-refractivity contribution in [2.45, 2.75) is 25.9 Å². The highest BCUT2D eigenvalue weighted by molar-refractivity contribution is 5.50. The Bertz CT molecular complexity index is 402. The monoisotopic (exact) mass is 257 g/mol. The van der Waals surface area contributed by atoms with E-state index in [4.69, 9.17) is 15.4 Å². The molecule has 0 unspecified atom stereocenters. The van der Waals surface area contributed by atoms with Gasteiger partial charge in [-0.25, -0.2) is 10.3 Å². The summed E-state index contributed by atoms with van der Waals surface area (Å²) < 4.78 is 24.5. The Morgan fingerprint density at radius 3 is 2.33 bits per heavy atom. The molecule has 0 aliphatic rings. The number of ether oxygens (including phenoxy) is 2. The van der Waals surface area contributed by atoms with Crippen LogP contribution in [0.3, 0.4) is 0 Å². The minimum atomic E-state index is -1.45. The first-order chi connectivity index (χ1) is 8.43. The lowest BCUT2D eigenvalue weighted by Crippen LogP contribution is -2.12. The van der Waals surface area contributed by atoms with Crippen molar-refractivity contribution in [2.24, 2.45) is 5.90 Å². The number of alkyl halides is 1. The molecule has 0 atom stereocenters. The number of hydrogen-bond donors (Lipinski definition) is 1. The van der Waals surface area contributed by atoms with E-state index in [1.807, 2.05) is 0 Å². The molecule has 0 saturated carbocycles. The van der Waals surface area contributed by atoms with Crippen molar-refractivity contribution in [3.05, 3.63) is 23.3 Å². The van der Waals surface area contributed by atoms with Gasteiger partial charge in [-0.1, -0.05) is 0 Å². The third kappa shape index (κ3) is 3.34. The molecule has 0 aliphatic heterocycles. The normalized spacial score (nSPS) is 11.4. The molecule has 0 amide bonds. The lowest BCUT2D eigenvalue weighted by atomic mass is 9.96. The van der Waals surface area contributed by atoms with Crippen LogP contribution >= 0.6 is 0 Å².